The van der Waals surface area contributed by atoms with Crippen molar-refractivity contribution in [1.82, 2.24) is 51.2 Å². The summed E-state index contributed by atoms with van der Waals surface area (Å²) in [5.74, 6) is -5.07. The third-order valence-corrected chi connectivity index (χ3v) is 13.7. The average Bonchev–Trinajstić information content (AvgIpc) is 3.66. The molecule has 7 rings (SSSR count). The van der Waals surface area contributed by atoms with E-state index >= 15 is 9.59 Å². The highest BCUT2D eigenvalue weighted by atomic mass is 16.7. The van der Waals surface area contributed by atoms with Crippen LogP contribution in [0.4, 0.5) is 0 Å². The van der Waals surface area contributed by atoms with Gasteiger partial charge in [-0.3, -0.25) is 43.7 Å². The van der Waals surface area contributed by atoms with Gasteiger partial charge >= 0.3 is 21.4 Å². The number of hydrogen-bond acceptors (Lipinski definition) is 15. The maximum atomic E-state index is 15.0. The van der Waals surface area contributed by atoms with Gasteiger partial charge in [-0.1, -0.05) is 140 Å². The second-order valence-corrected chi connectivity index (χ2v) is 21.8. The fourth-order valence-electron chi connectivity index (χ4n) is 9.94. The minimum atomic E-state index is -1.23. The maximum absolute atomic E-state index is 15.0. The summed E-state index contributed by atoms with van der Waals surface area (Å²) < 4.78 is 20.9. The highest BCUT2D eigenvalue weighted by Gasteiger charge is 2.52. The van der Waals surface area contributed by atoms with Crippen molar-refractivity contribution < 1.29 is 42.5 Å². The van der Waals surface area contributed by atoms with Gasteiger partial charge in [-0.2, -0.15) is 0 Å². The lowest BCUT2D eigenvalue weighted by atomic mass is 9.53. The maximum Gasteiger partial charge on any atom is 0.453 e. The van der Waals surface area contributed by atoms with Gasteiger partial charge in [0.25, 0.3) is 17.7 Å². The molecule has 0 aliphatic carbocycles. The van der Waals surface area contributed by atoms with Crippen molar-refractivity contribution in [3.05, 3.63) is 181 Å². The summed E-state index contributed by atoms with van der Waals surface area (Å²) >= 11 is 0. The molecule has 4 amide bonds. The summed E-state index contributed by atoms with van der Waals surface area (Å²) in [7, 11) is -3.54. The number of benzene rings is 3. The number of aromatic nitrogens is 6. The van der Waals surface area contributed by atoms with Gasteiger partial charge in [0.1, 0.15) is 23.1 Å². The number of rotatable bonds is 29. The molecule has 0 radical (unpaired) electrons. The van der Waals surface area contributed by atoms with Crippen molar-refractivity contribution >= 4 is 56.6 Å². The van der Waals surface area contributed by atoms with Gasteiger partial charge in [-0.25, -0.2) is 15.0 Å². The number of hydrogen-bond donors (Lipinski definition) is 4. The van der Waals surface area contributed by atoms with Crippen molar-refractivity contribution in [2.75, 3.05) is 0 Å². The molecule has 428 valence electrons. The lowest BCUT2D eigenvalue weighted by Crippen LogP contribution is -2.62. The Morgan fingerprint density at radius 1 is 0.427 bits per heavy atom. The normalized spacial score (nSPS) is 14.6. The van der Waals surface area contributed by atoms with E-state index in [1.807, 2.05) is 133 Å². The van der Waals surface area contributed by atoms with E-state index in [4.69, 9.17) is 13.7 Å². The van der Waals surface area contributed by atoms with Gasteiger partial charge in [0.05, 0.1) is 36.6 Å². The predicted molar refractivity (Wildman–Crippen MR) is 315 cm³/mol. The van der Waals surface area contributed by atoms with Crippen LogP contribution in [0.25, 0.3) is 0 Å². The molecule has 1 aliphatic rings. The second-order valence-electron chi connectivity index (χ2n) is 21.8. The van der Waals surface area contributed by atoms with Crippen LogP contribution in [-0.4, -0.2) is 111 Å². The Hall–Kier alpha value is -7.81. The molecule has 1 aliphatic heterocycles. The molecule has 0 spiro atoms. The molecule has 1 saturated heterocycles. The Balaban J connectivity index is 0.0000108. The molecule has 3 aromatic heterocycles. The first-order valence-electron chi connectivity index (χ1n) is 27.7. The van der Waals surface area contributed by atoms with Crippen LogP contribution < -0.4 is 21.3 Å². The molecule has 1 fully saturated rings. The van der Waals surface area contributed by atoms with Gasteiger partial charge in [0.2, 0.25) is 5.91 Å². The number of Topliss-reactive ketones (excluding diaryl/α,β-unsaturated/α-hetero) is 2. The summed E-state index contributed by atoms with van der Waals surface area (Å²) in [6, 6.07) is 24.9. The number of nitrogens with zero attached hydrogens (tertiary/aromatic N) is 6. The average molecular weight is 1110 g/mol. The predicted octanol–water partition coefficient (Wildman–Crippen LogP) is 7.47. The van der Waals surface area contributed by atoms with Gasteiger partial charge in [-0.15, -0.1) is 0 Å². The van der Waals surface area contributed by atoms with Crippen LogP contribution in [0.2, 0.25) is 11.6 Å². The van der Waals surface area contributed by atoms with E-state index in [1.54, 1.807) is 0 Å². The van der Waals surface area contributed by atoms with E-state index in [-0.39, 0.29) is 85.9 Å². The zero-order valence-electron chi connectivity index (χ0n) is 46.8. The molecule has 3 aromatic carbocycles. The fraction of sp³-hybridized carbons (Fsp3) is 0.400. The second kappa shape index (κ2) is 32.0. The Bertz CT molecular complexity index is 2620. The van der Waals surface area contributed by atoms with Crippen LogP contribution >= 0.6 is 0 Å². The Morgan fingerprint density at radius 2 is 0.756 bits per heavy atom. The van der Waals surface area contributed by atoms with Crippen LogP contribution in [0.1, 0.15) is 129 Å². The smallest absolute Gasteiger partial charge is 0.452 e. The molecule has 6 atom stereocenters. The number of carbonyl (C=O) groups is 6. The van der Waals surface area contributed by atoms with Gasteiger partial charge < -0.3 is 35.0 Å². The van der Waals surface area contributed by atoms with E-state index in [0.29, 0.717) is 19.3 Å². The number of ketones is 2. The summed E-state index contributed by atoms with van der Waals surface area (Å²) in [5, 5.41) is 11.9. The fourth-order valence-corrected chi connectivity index (χ4v) is 9.94. The quantitative estimate of drug-likeness (QED) is 0.0332. The zero-order valence-corrected chi connectivity index (χ0v) is 46.8. The van der Waals surface area contributed by atoms with Gasteiger partial charge in [-0.05, 0) is 78.2 Å². The van der Waals surface area contributed by atoms with Gasteiger partial charge in [0.15, 0.2) is 11.6 Å². The summed E-state index contributed by atoms with van der Waals surface area (Å²) in [6.45, 7) is 12.1. The van der Waals surface area contributed by atoms with Crippen molar-refractivity contribution in [3.63, 3.8) is 0 Å². The van der Waals surface area contributed by atoms with Crippen molar-refractivity contribution in [3.8, 4) is 0 Å². The molecule has 19 nitrogen and oxygen atoms in total. The van der Waals surface area contributed by atoms with Crippen LogP contribution in [-0.2, 0) is 47.4 Å². The topological polar surface area (TPSA) is 256 Å². The van der Waals surface area contributed by atoms with E-state index in [1.165, 1.54) is 55.8 Å². The first kappa shape index (κ1) is 63.4. The molecule has 6 aromatic rings. The molecule has 22 heteroatoms. The molecular weight excluding hydrogens is 1040 g/mol. The van der Waals surface area contributed by atoms with Crippen molar-refractivity contribution in [2.24, 2.45) is 17.8 Å². The van der Waals surface area contributed by atoms with Crippen LogP contribution in [0, 0.1) is 17.8 Å². The lowest BCUT2D eigenvalue weighted by Gasteiger charge is -2.41. The van der Waals surface area contributed by atoms with Gasteiger partial charge in [0, 0.05) is 56.4 Å². The van der Waals surface area contributed by atoms with Crippen LogP contribution in [0.3, 0.4) is 0 Å². The standard InChI is InChI=1S/C59H71B3N10O9.CH4/c1-39(2)28-45(34-53(73)47(31-42-16-10-7-11-17-42)69-57(76)50-36-63-22-25-66-50)60-79-61(46(29-40(3)4)35-54(74)48(32-43-18-12-8-13-19-43)70-58(77)51-37-64-23-26-67-51)81-62(80-60)55(30-41(5)6)72-56(75)49(33-44-20-14-9-15-21-44)71-59(78)52-38-65-24-27-68-52;/h7-27,36-41,45-49,55H,28-35H2,1-6H3,(H,69,76)(H,70,77)(H,71,78)(H,72,75);1H4. The highest BCUT2D eigenvalue weighted by Crippen LogP contribution is 2.37. The van der Waals surface area contributed by atoms with E-state index in [9.17, 15) is 19.2 Å². The first-order valence-corrected chi connectivity index (χ1v) is 27.7. The molecule has 0 saturated carbocycles. The third kappa shape index (κ3) is 19.7. The molecule has 0 bridgehead atoms. The monoisotopic (exact) mass is 1110 g/mol. The SMILES string of the molecule is C.CC(C)CC(CC(=O)C(Cc1ccccc1)NC(=O)c1cnccn1)B1OB(C(CC(=O)C(Cc2ccccc2)NC(=O)c2cnccn2)CC(C)C)OB(C(CC(C)C)NC(=O)C(Cc2ccccc2)NC(=O)c2cnccn2)O1. The third-order valence-electron chi connectivity index (χ3n) is 13.7. The highest BCUT2D eigenvalue weighted by molar-refractivity contribution is 6.75. The van der Waals surface area contributed by atoms with Crippen molar-refractivity contribution in [1.29, 1.82) is 0 Å². The van der Waals surface area contributed by atoms with Crippen molar-refractivity contribution in [2.45, 2.75) is 136 Å². The van der Waals surface area contributed by atoms with Crippen LogP contribution in [0.15, 0.2) is 147 Å². The lowest BCUT2D eigenvalue weighted by molar-refractivity contribution is -0.123. The number of amides is 4. The van der Waals surface area contributed by atoms with E-state index in [0.717, 1.165) is 16.7 Å². The first-order chi connectivity index (χ1) is 39.1. The summed E-state index contributed by atoms with van der Waals surface area (Å²) in [5.41, 5.74) is 2.55. The molecule has 4 N–H and O–H groups in total. The van der Waals surface area contributed by atoms with E-state index < -0.39 is 80.7 Å². The summed E-state index contributed by atoms with van der Waals surface area (Å²) in [4.78, 5) is 111. The zero-order chi connectivity index (χ0) is 57.7. The molecule has 4 heterocycles. The van der Waals surface area contributed by atoms with E-state index in [2.05, 4.69) is 51.2 Å². The summed E-state index contributed by atoms with van der Waals surface area (Å²) in [6.07, 6.45) is 14.0. The number of nitrogens with one attached hydrogen (secondary N) is 4. The van der Waals surface area contributed by atoms with Crippen LogP contribution in [0.5, 0.6) is 0 Å². The Morgan fingerprint density at radius 3 is 1.09 bits per heavy atom. The molecule has 82 heavy (non-hydrogen) atoms. The minimum Gasteiger partial charge on any atom is -0.452 e. The largest absolute Gasteiger partial charge is 0.453 e. The number of carbonyl (C=O) groups excluding carboxylic acids is 6. The Kier molecular flexibility index (Phi) is 24.7. The molecular formula is C60H75B3N10O9. The Labute approximate surface area is 482 Å². The minimum absolute atomic E-state index is 0. The molecule has 6 unspecified atom stereocenters.